The molecule has 2 aliphatic heterocycles. The molecule has 2 saturated heterocycles. The van der Waals surface area contributed by atoms with Crippen molar-refractivity contribution in [2.75, 3.05) is 39.0 Å². The van der Waals surface area contributed by atoms with E-state index in [4.69, 9.17) is 15.2 Å². The molecule has 6 rings (SSSR count). The Kier molecular flexibility index (Phi) is 8.56. The predicted octanol–water partition coefficient (Wildman–Crippen LogP) is 3.84. The lowest BCUT2D eigenvalue weighted by Gasteiger charge is -2.31. The second-order valence-electron chi connectivity index (χ2n) is 12.1. The summed E-state index contributed by atoms with van der Waals surface area (Å²) in [5.41, 5.74) is 8.04. The molecule has 2 amide bonds. The van der Waals surface area contributed by atoms with E-state index in [0.29, 0.717) is 22.3 Å². The molecule has 3 atom stereocenters. The van der Waals surface area contributed by atoms with Crippen LogP contribution in [0.3, 0.4) is 0 Å². The van der Waals surface area contributed by atoms with E-state index in [2.05, 4.69) is 20.4 Å². The first-order chi connectivity index (χ1) is 22.2. The minimum atomic E-state index is -4.75. The second-order valence-corrected chi connectivity index (χ2v) is 12.1. The van der Waals surface area contributed by atoms with Gasteiger partial charge in [0, 0.05) is 56.7 Å². The Bertz CT molecular complexity index is 1660. The van der Waals surface area contributed by atoms with Crippen molar-refractivity contribution >= 4 is 23.3 Å². The normalized spacial score (nSPS) is 22.3. The Hall–Kier alpha value is -4.35. The molecule has 18 heteroatoms. The van der Waals surface area contributed by atoms with Crippen LogP contribution in [0.1, 0.15) is 41.6 Å². The number of aromatic nitrogens is 4. The molecule has 1 unspecified atom stereocenters. The number of nitrogens with one attached hydrogen (secondary N) is 1. The van der Waals surface area contributed by atoms with Crippen LogP contribution in [0, 0.1) is 5.92 Å². The number of methoxy groups -OCH3 is 1. The summed E-state index contributed by atoms with van der Waals surface area (Å²) < 4.78 is 94.0. The van der Waals surface area contributed by atoms with Crippen molar-refractivity contribution in [1.29, 1.82) is 0 Å². The number of nitrogen functional groups attached to an aromatic ring is 1. The van der Waals surface area contributed by atoms with E-state index in [0.717, 1.165) is 4.90 Å². The Labute approximate surface area is 264 Å². The number of hydrogen-bond donors (Lipinski definition) is 2. The van der Waals surface area contributed by atoms with Gasteiger partial charge in [0.25, 0.3) is 11.8 Å². The summed E-state index contributed by atoms with van der Waals surface area (Å²) in [5.74, 6) is -4.29. The van der Waals surface area contributed by atoms with E-state index in [1.807, 2.05) is 4.90 Å². The lowest BCUT2D eigenvalue weighted by atomic mass is 10.1. The third-order valence-corrected chi connectivity index (χ3v) is 8.65. The number of amides is 2. The summed E-state index contributed by atoms with van der Waals surface area (Å²) in [7, 11) is 1.28. The van der Waals surface area contributed by atoms with Crippen molar-refractivity contribution in [3.8, 4) is 17.1 Å². The van der Waals surface area contributed by atoms with Crippen LogP contribution in [-0.2, 0) is 11.3 Å². The van der Waals surface area contributed by atoms with E-state index in [9.17, 15) is 35.9 Å². The standard InChI is InChI=1S/C29H32F6N8O4/c1-46-26-18(25(44)40-20-13-42(12-19(20)30)27(45)47-23(15-2-3-15)29(33,34)35)8-16(10-37-26)21-9-17(22-24(36)38-14-39-43(21)22)11-41-6-4-28(31,32)5-7-41/h8-10,14-15,19-20,23H,2-7,11-13H2,1H3,(H,40,44)(H2,36,38,39)/t19-,20+,23?/m0/s1. The maximum Gasteiger partial charge on any atom is 0.425 e. The minimum Gasteiger partial charge on any atom is -0.480 e. The SMILES string of the molecule is COc1ncc(-c2cc(CN3CCC(F)(F)CC3)c3c(N)ncnn23)cc1C(=O)N[C@@H]1CN(C(=O)OC(C2CC2)C(F)(F)F)C[C@@H]1F. The van der Waals surface area contributed by atoms with E-state index in [1.54, 1.807) is 6.07 Å². The maximum atomic E-state index is 15.0. The van der Waals surface area contributed by atoms with Crippen LogP contribution < -0.4 is 15.8 Å². The molecule has 1 aliphatic carbocycles. The van der Waals surface area contributed by atoms with Crippen LogP contribution in [0.15, 0.2) is 24.7 Å². The van der Waals surface area contributed by atoms with Gasteiger partial charge in [-0.15, -0.1) is 0 Å². The molecule has 0 radical (unpaired) electrons. The first-order valence-corrected chi connectivity index (χ1v) is 15.0. The second kappa shape index (κ2) is 12.4. The number of anilines is 1. The number of piperidine rings is 1. The van der Waals surface area contributed by atoms with Gasteiger partial charge in [-0.1, -0.05) is 0 Å². The smallest absolute Gasteiger partial charge is 0.425 e. The van der Waals surface area contributed by atoms with Crippen LogP contribution in [0.4, 0.5) is 37.0 Å². The molecule has 3 aromatic heterocycles. The quantitative estimate of drug-likeness (QED) is 0.342. The first kappa shape index (κ1) is 32.6. The molecule has 3 N–H and O–H groups in total. The molecule has 3 fully saturated rings. The maximum absolute atomic E-state index is 15.0. The third kappa shape index (κ3) is 6.87. The van der Waals surface area contributed by atoms with Gasteiger partial charge < -0.3 is 25.4 Å². The molecule has 0 spiro atoms. The average Bonchev–Trinajstić information content (AvgIpc) is 3.69. The molecule has 3 aromatic rings. The summed E-state index contributed by atoms with van der Waals surface area (Å²) in [6.07, 6.45) is -7.45. The Morgan fingerprint density at radius 3 is 2.53 bits per heavy atom. The van der Waals surface area contributed by atoms with E-state index in [-0.39, 0.29) is 62.6 Å². The zero-order valence-electron chi connectivity index (χ0n) is 25.1. The van der Waals surface area contributed by atoms with Gasteiger partial charge in [0.2, 0.25) is 12.0 Å². The molecule has 254 valence electrons. The number of ether oxygens (including phenoxy) is 2. The molecule has 0 aromatic carbocycles. The van der Waals surface area contributed by atoms with Gasteiger partial charge in [-0.25, -0.2) is 32.4 Å². The van der Waals surface area contributed by atoms with Crippen LogP contribution in [0.5, 0.6) is 5.88 Å². The van der Waals surface area contributed by atoms with E-state index >= 15 is 0 Å². The number of fused-ring (bicyclic) bond motifs is 1. The fraction of sp³-hybridized carbons (Fsp3) is 0.552. The fourth-order valence-electron chi connectivity index (χ4n) is 5.98. The number of nitrogens with zero attached hydrogens (tertiary/aromatic N) is 6. The Morgan fingerprint density at radius 2 is 1.87 bits per heavy atom. The van der Waals surface area contributed by atoms with E-state index < -0.39 is 61.4 Å². The van der Waals surface area contributed by atoms with Gasteiger partial charge >= 0.3 is 12.3 Å². The van der Waals surface area contributed by atoms with Crippen LogP contribution in [0.2, 0.25) is 0 Å². The average molecular weight is 671 g/mol. The number of carbonyl (C=O) groups is 2. The minimum absolute atomic E-state index is 0.0964. The highest BCUT2D eigenvalue weighted by Crippen LogP contribution is 2.42. The Morgan fingerprint density at radius 1 is 1.15 bits per heavy atom. The van der Waals surface area contributed by atoms with Gasteiger partial charge in [-0.05, 0) is 30.5 Å². The largest absolute Gasteiger partial charge is 0.480 e. The number of nitrogens with two attached hydrogens (primary N) is 1. The van der Waals surface area contributed by atoms with Crippen molar-refractivity contribution < 1.29 is 45.4 Å². The summed E-state index contributed by atoms with van der Waals surface area (Å²) in [5, 5.41) is 6.79. The number of carbonyl (C=O) groups excluding carboxylic acids is 2. The fourth-order valence-corrected chi connectivity index (χ4v) is 5.98. The number of pyridine rings is 1. The number of likely N-dealkylation sites (tertiary alicyclic amines) is 2. The van der Waals surface area contributed by atoms with Gasteiger partial charge in [0.1, 0.15) is 23.6 Å². The monoisotopic (exact) mass is 670 g/mol. The molecule has 3 aliphatic rings. The van der Waals surface area contributed by atoms with Crippen molar-refractivity contribution in [2.24, 2.45) is 5.92 Å². The van der Waals surface area contributed by atoms with Crippen molar-refractivity contribution in [3.63, 3.8) is 0 Å². The van der Waals surface area contributed by atoms with E-state index in [1.165, 1.54) is 30.2 Å². The number of halogens is 6. The number of hydrogen-bond acceptors (Lipinski definition) is 9. The van der Waals surface area contributed by atoms with Crippen LogP contribution >= 0.6 is 0 Å². The highest BCUT2D eigenvalue weighted by Gasteiger charge is 2.53. The van der Waals surface area contributed by atoms with Crippen molar-refractivity contribution in [1.82, 2.24) is 34.7 Å². The van der Waals surface area contributed by atoms with Gasteiger partial charge in [-0.3, -0.25) is 9.69 Å². The third-order valence-electron chi connectivity index (χ3n) is 8.65. The highest BCUT2D eigenvalue weighted by molar-refractivity contribution is 5.98. The molecule has 0 bridgehead atoms. The van der Waals surface area contributed by atoms with Gasteiger partial charge in [0.15, 0.2) is 5.82 Å². The lowest BCUT2D eigenvalue weighted by Crippen LogP contribution is -2.43. The van der Waals surface area contributed by atoms with Gasteiger partial charge in [-0.2, -0.15) is 18.3 Å². The molecule has 12 nitrogen and oxygen atoms in total. The molecular formula is C29H32F6N8O4. The van der Waals surface area contributed by atoms with Crippen LogP contribution in [-0.4, -0.2) is 105 Å². The summed E-state index contributed by atoms with van der Waals surface area (Å²) in [6.45, 7) is -0.337. The first-order valence-electron chi connectivity index (χ1n) is 15.0. The molecule has 5 heterocycles. The predicted molar refractivity (Wildman–Crippen MR) is 153 cm³/mol. The Balaban J connectivity index is 1.21. The van der Waals surface area contributed by atoms with Crippen molar-refractivity contribution in [2.45, 2.75) is 62.6 Å². The topological polar surface area (TPSA) is 140 Å². The summed E-state index contributed by atoms with van der Waals surface area (Å²) in [6, 6.07) is 1.93. The lowest BCUT2D eigenvalue weighted by molar-refractivity contribution is -0.211. The van der Waals surface area contributed by atoms with Crippen molar-refractivity contribution in [3.05, 3.63) is 35.8 Å². The molecular weight excluding hydrogens is 638 g/mol. The summed E-state index contributed by atoms with van der Waals surface area (Å²) in [4.78, 5) is 36.9. The zero-order chi connectivity index (χ0) is 33.7. The molecule has 47 heavy (non-hydrogen) atoms. The zero-order valence-corrected chi connectivity index (χ0v) is 25.1. The van der Waals surface area contributed by atoms with Crippen LogP contribution in [0.25, 0.3) is 16.8 Å². The number of rotatable bonds is 8. The molecule has 1 saturated carbocycles. The summed E-state index contributed by atoms with van der Waals surface area (Å²) >= 11 is 0. The number of alkyl halides is 6. The highest BCUT2D eigenvalue weighted by atomic mass is 19.4. The van der Waals surface area contributed by atoms with Gasteiger partial charge in [0.05, 0.1) is 25.4 Å².